The van der Waals surface area contributed by atoms with Crippen LogP contribution in [0.1, 0.15) is 64.8 Å². The fourth-order valence-corrected chi connectivity index (χ4v) is 6.82. The van der Waals surface area contributed by atoms with Crippen LogP contribution >= 0.6 is 34.5 Å². The number of rotatable bonds is 9. The molecule has 0 radical (unpaired) electrons. The van der Waals surface area contributed by atoms with Gasteiger partial charge >= 0.3 is 0 Å². The molecule has 0 spiro atoms. The summed E-state index contributed by atoms with van der Waals surface area (Å²) in [4.78, 5) is 39.8. The Morgan fingerprint density at radius 2 is 1.97 bits per heavy atom. The molecule has 1 aliphatic carbocycles. The van der Waals surface area contributed by atoms with Crippen LogP contribution in [0.15, 0.2) is 53.4 Å². The summed E-state index contributed by atoms with van der Waals surface area (Å²) in [6.45, 7) is 0.530. The molecular formula is C28H30Cl2N4O4S. The Hall–Kier alpha value is -2.53. The van der Waals surface area contributed by atoms with Crippen molar-refractivity contribution in [2.75, 3.05) is 13.2 Å². The number of thiazole rings is 1. The van der Waals surface area contributed by atoms with E-state index in [0.717, 1.165) is 25.7 Å². The lowest BCUT2D eigenvalue weighted by atomic mass is 9.76. The molecule has 4 atom stereocenters. The molecule has 2 heterocycles. The summed E-state index contributed by atoms with van der Waals surface area (Å²) in [6, 6.07) is 11.4. The van der Waals surface area contributed by atoms with Gasteiger partial charge in [0.25, 0.3) is 11.8 Å². The molecule has 1 fully saturated rings. The number of halogens is 2. The van der Waals surface area contributed by atoms with Crippen molar-refractivity contribution < 1.29 is 19.5 Å². The molecule has 206 valence electrons. The minimum Gasteiger partial charge on any atom is -0.395 e. The standard InChI is InChI=1S/C28H30Cl2N4O4S/c29-17-9-10-21(22(30)13-17)26-25(27(36)33-38-14-18-15-39-16-32-18)19-5-1-2-6-20(19)28(37)34(26)24-8-4-3-7-23(24)31-11-12-35/h1-2,5-6,9-10,13,15-16,23-26,31,35H,3-4,7-8,11-12,14H2,(H,33,36)/t23-,24-,25+,26-/m0/s1. The van der Waals surface area contributed by atoms with Gasteiger partial charge in [0.15, 0.2) is 0 Å². The Labute approximate surface area is 241 Å². The predicted molar refractivity (Wildman–Crippen MR) is 151 cm³/mol. The normalized spacial score (nSPS) is 22.9. The van der Waals surface area contributed by atoms with E-state index in [-0.39, 0.29) is 37.1 Å². The number of hydrogen-bond donors (Lipinski definition) is 3. The number of carbonyl (C=O) groups is 2. The quantitative estimate of drug-likeness (QED) is 0.308. The number of fused-ring (bicyclic) bond motifs is 1. The van der Waals surface area contributed by atoms with E-state index in [1.165, 1.54) is 11.3 Å². The third-order valence-electron chi connectivity index (χ3n) is 7.42. The minimum absolute atomic E-state index is 0.00615. The van der Waals surface area contributed by atoms with Crippen molar-refractivity contribution in [3.63, 3.8) is 0 Å². The summed E-state index contributed by atoms with van der Waals surface area (Å²) in [7, 11) is 0. The predicted octanol–water partition coefficient (Wildman–Crippen LogP) is 4.87. The van der Waals surface area contributed by atoms with Gasteiger partial charge in [-0.2, -0.15) is 0 Å². The van der Waals surface area contributed by atoms with E-state index in [1.54, 1.807) is 35.8 Å². The van der Waals surface area contributed by atoms with Crippen LogP contribution < -0.4 is 10.8 Å². The van der Waals surface area contributed by atoms with E-state index in [2.05, 4.69) is 15.8 Å². The number of carbonyl (C=O) groups excluding carboxylic acids is 2. The summed E-state index contributed by atoms with van der Waals surface area (Å²) in [5, 5.41) is 15.6. The Bertz CT molecular complexity index is 1310. The van der Waals surface area contributed by atoms with Crippen molar-refractivity contribution in [2.24, 2.45) is 0 Å². The molecular weight excluding hydrogens is 559 g/mol. The highest BCUT2D eigenvalue weighted by Crippen LogP contribution is 2.47. The maximum absolute atomic E-state index is 14.2. The molecule has 0 unspecified atom stereocenters. The first-order chi connectivity index (χ1) is 19.0. The molecule has 1 aliphatic heterocycles. The SMILES string of the molecule is O=C(NOCc1cscn1)[C@@H]1c2ccccc2C(=O)N([C@H]2CCCC[C@@H]2NCCO)[C@H]1c1ccc(Cl)cc1Cl. The average molecular weight is 590 g/mol. The van der Waals surface area contributed by atoms with Gasteiger partial charge in [-0.25, -0.2) is 10.5 Å². The highest BCUT2D eigenvalue weighted by Gasteiger charge is 2.49. The van der Waals surface area contributed by atoms with E-state index in [4.69, 9.17) is 28.0 Å². The Balaban J connectivity index is 1.59. The van der Waals surface area contributed by atoms with E-state index in [9.17, 15) is 14.7 Å². The van der Waals surface area contributed by atoms with Gasteiger partial charge in [-0.3, -0.25) is 14.4 Å². The summed E-state index contributed by atoms with van der Waals surface area (Å²) >= 11 is 14.5. The van der Waals surface area contributed by atoms with Crippen molar-refractivity contribution in [3.8, 4) is 0 Å². The zero-order valence-electron chi connectivity index (χ0n) is 21.2. The first-order valence-corrected chi connectivity index (χ1v) is 14.7. The monoisotopic (exact) mass is 588 g/mol. The summed E-state index contributed by atoms with van der Waals surface area (Å²) in [5.41, 5.74) is 6.74. The van der Waals surface area contributed by atoms with Crippen molar-refractivity contribution >= 4 is 46.4 Å². The second kappa shape index (κ2) is 12.8. The molecule has 0 bridgehead atoms. The van der Waals surface area contributed by atoms with Crippen LogP contribution in [-0.2, 0) is 16.2 Å². The number of amides is 2. The van der Waals surface area contributed by atoms with Crippen LogP contribution in [-0.4, -0.2) is 52.0 Å². The molecule has 2 amide bonds. The molecule has 5 rings (SSSR count). The van der Waals surface area contributed by atoms with E-state index in [0.29, 0.717) is 39.0 Å². The molecule has 39 heavy (non-hydrogen) atoms. The Morgan fingerprint density at radius 3 is 2.74 bits per heavy atom. The third-order valence-corrected chi connectivity index (χ3v) is 8.62. The molecule has 3 aromatic rings. The van der Waals surface area contributed by atoms with E-state index in [1.807, 2.05) is 22.4 Å². The fraction of sp³-hybridized carbons (Fsp3) is 0.393. The maximum atomic E-state index is 14.2. The van der Waals surface area contributed by atoms with Gasteiger partial charge < -0.3 is 15.3 Å². The number of hydrogen-bond acceptors (Lipinski definition) is 7. The first kappa shape index (κ1) is 28.0. The number of aliphatic hydroxyl groups excluding tert-OH is 1. The summed E-state index contributed by atoms with van der Waals surface area (Å²) in [5.74, 6) is -1.34. The molecule has 2 aromatic carbocycles. The Kier molecular flexibility index (Phi) is 9.17. The van der Waals surface area contributed by atoms with Crippen molar-refractivity contribution in [1.29, 1.82) is 0 Å². The Morgan fingerprint density at radius 1 is 1.15 bits per heavy atom. The summed E-state index contributed by atoms with van der Waals surface area (Å²) < 4.78 is 0. The van der Waals surface area contributed by atoms with Gasteiger partial charge in [0, 0.05) is 39.6 Å². The fourth-order valence-electron chi connectivity index (χ4n) is 5.76. The maximum Gasteiger partial charge on any atom is 0.255 e. The van der Waals surface area contributed by atoms with Gasteiger partial charge in [0.1, 0.15) is 6.61 Å². The lowest BCUT2D eigenvalue weighted by molar-refractivity contribution is -0.138. The van der Waals surface area contributed by atoms with Crippen LogP contribution in [0.25, 0.3) is 0 Å². The topological polar surface area (TPSA) is 104 Å². The molecule has 8 nitrogen and oxygen atoms in total. The second-order valence-electron chi connectivity index (χ2n) is 9.76. The minimum atomic E-state index is -0.798. The smallest absolute Gasteiger partial charge is 0.255 e. The van der Waals surface area contributed by atoms with Crippen LogP contribution in [0.4, 0.5) is 0 Å². The number of nitrogens with zero attached hydrogens (tertiary/aromatic N) is 2. The molecule has 11 heteroatoms. The van der Waals surface area contributed by atoms with Crippen molar-refractivity contribution in [1.82, 2.24) is 20.7 Å². The molecule has 1 aromatic heterocycles. The van der Waals surface area contributed by atoms with Crippen LogP contribution in [0.5, 0.6) is 0 Å². The second-order valence-corrected chi connectivity index (χ2v) is 11.3. The van der Waals surface area contributed by atoms with Crippen LogP contribution in [0.3, 0.4) is 0 Å². The summed E-state index contributed by atoms with van der Waals surface area (Å²) in [6.07, 6.45) is 3.57. The lowest BCUT2D eigenvalue weighted by Gasteiger charge is -2.49. The zero-order chi connectivity index (χ0) is 27.4. The highest BCUT2D eigenvalue weighted by atomic mass is 35.5. The first-order valence-electron chi connectivity index (χ1n) is 13.0. The van der Waals surface area contributed by atoms with Crippen molar-refractivity contribution in [2.45, 2.75) is 56.3 Å². The van der Waals surface area contributed by atoms with Gasteiger partial charge in [0.05, 0.1) is 29.8 Å². The van der Waals surface area contributed by atoms with Gasteiger partial charge in [0.2, 0.25) is 0 Å². The third kappa shape index (κ3) is 5.99. The van der Waals surface area contributed by atoms with E-state index >= 15 is 0 Å². The molecule has 1 saturated carbocycles. The van der Waals surface area contributed by atoms with E-state index < -0.39 is 12.0 Å². The number of aromatic nitrogens is 1. The van der Waals surface area contributed by atoms with Gasteiger partial charge in [-0.05, 0) is 42.2 Å². The molecule has 3 N–H and O–H groups in total. The largest absolute Gasteiger partial charge is 0.395 e. The number of benzene rings is 2. The zero-order valence-corrected chi connectivity index (χ0v) is 23.5. The van der Waals surface area contributed by atoms with Gasteiger partial charge in [-0.1, -0.05) is 60.3 Å². The molecule has 2 aliphatic rings. The van der Waals surface area contributed by atoms with Crippen LogP contribution in [0, 0.1) is 0 Å². The number of aliphatic hydroxyl groups is 1. The van der Waals surface area contributed by atoms with Crippen LogP contribution in [0.2, 0.25) is 10.0 Å². The number of hydroxylamine groups is 1. The highest BCUT2D eigenvalue weighted by molar-refractivity contribution is 7.07. The lowest BCUT2D eigenvalue weighted by Crippen LogP contribution is -2.58. The van der Waals surface area contributed by atoms with Gasteiger partial charge in [-0.15, -0.1) is 11.3 Å². The molecule has 0 saturated heterocycles. The average Bonchev–Trinajstić information content (AvgIpc) is 3.46. The van der Waals surface area contributed by atoms with Crippen molar-refractivity contribution in [3.05, 3.63) is 85.8 Å². The number of nitrogens with one attached hydrogen (secondary N) is 2.